The van der Waals surface area contributed by atoms with Gasteiger partial charge in [0, 0.05) is 5.69 Å². The van der Waals surface area contributed by atoms with Gasteiger partial charge >= 0.3 is 0 Å². The summed E-state index contributed by atoms with van der Waals surface area (Å²) >= 11 is 0. The van der Waals surface area contributed by atoms with Gasteiger partial charge in [0.05, 0.1) is 5.41 Å². The Hall–Kier alpha value is -1.31. The first-order chi connectivity index (χ1) is 8.26. The van der Waals surface area contributed by atoms with Crippen molar-refractivity contribution in [2.75, 3.05) is 5.32 Å². The van der Waals surface area contributed by atoms with Crippen molar-refractivity contribution in [3.63, 3.8) is 0 Å². The maximum atomic E-state index is 12.3. The van der Waals surface area contributed by atoms with Crippen molar-refractivity contribution in [2.24, 2.45) is 0 Å². The maximum absolute atomic E-state index is 12.3. The van der Waals surface area contributed by atoms with Gasteiger partial charge in [0.2, 0.25) is 5.91 Å². The van der Waals surface area contributed by atoms with Crippen LogP contribution in [0.1, 0.15) is 50.2 Å². The number of carbonyl (C=O) groups excluding carboxylic acids is 1. The lowest BCUT2D eigenvalue weighted by Crippen LogP contribution is -2.36. The number of amides is 1. The molecule has 1 aromatic carbocycles. The summed E-state index contributed by atoms with van der Waals surface area (Å²) in [6.07, 6.45) is 6.74. The molecule has 0 aromatic heterocycles. The topological polar surface area (TPSA) is 29.1 Å². The highest BCUT2D eigenvalue weighted by atomic mass is 16.2. The number of carbonyl (C=O) groups is 1. The van der Waals surface area contributed by atoms with Crippen molar-refractivity contribution >= 4 is 11.6 Å². The lowest BCUT2D eigenvalue weighted by molar-refractivity contribution is -0.121. The molecule has 0 unspecified atom stereocenters. The molecule has 90 valence electrons. The molecule has 1 N–H and O–H groups in total. The minimum absolute atomic E-state index is 0.196. The van der Waals surface area contributed by atoms with Crippen LogP contribution in [-0.2, 0) is 16.6 Å². The third kappa shape index (κ3) is 1.50. The molecule has 1 aliphatic carbocycles. The molecular weight excluding hydrogens is 210 g/mol. The first-order valence-corrected chi connectivity index (χ1v) is 6.71. The van der Waals surface area contributed by atoms with Crippen LogP contribution in [0.4, 0.5) is 5.69 Å². The summed E-state index contributed by atoms with van der Waals surface area (Å²) in [5.41, 5.74) is 3.46. The zero-order valence-corrected chi connectivity index (χ0v) is 10.4. The van der Waals surface area contributed by atoms with E-state index in [0.717, 1.165) is 24.9 Å². The van der Waals surface area contributed by atoms with E-state index in [1.807, 2.05) is 0 Å². The number of hydrogen-bond acceptors (Lipinski definition) is 1. The van der Waals surface area contributed by atoms with E-state index in [-0.39, 0.29) is 11.3 Å². The molecule has 1 spiro atoms. The zero-order valence-electron chi connectivity index (χ0n) is 10.4. The second-order valence-electron chi connectivity index (χ2n) is 5.33. The first-order valence-electron chi connectivity index (χ1n) is 6.71. The van der Waals surface area contributed by atoms with E-state index in [4.69, 9.17) is 0 Å². The Morgan fingerprint density at radius 2 is 2.00 bits per heavy atom. The number of benzene rings is 1. The van der Waals surface area contributed by atoms with Gasteiger partial charge in [-0.3, -0.25) is 4.79 Å². The van der Waals surface area contributed by atoms with Crippen LogP contribution < -0.4 is 5.32 Å². The predicted octanol–water partition coefficient (Wildman–Crippen LogP) is 3.40. The van der Waals surface area contributed by atoms with Gasteiger partial charge in [-0.1, -0.05) is 38.3 Å². The maximum Gasteiger partial charge on any atom is 0.235 e. The third-order valence-electron chi connectivity index (χ3n) is 4.40. The van der Waals surface area contributed by atoms with Crippen molar-refractivity contribution in [3.8, 4) is 0 Å². The fraction of sp³-hybridized carbons (Fsp3) is 0.533. The first kappa shape index (κ1) is 10.8. The van der Waals surface area contributed by atoms with Crippen LogP contribution in [-0.4, -0.2) is 5.91 Å². The number of nitrogens with one attached hydrogen (secondary N) is 1. The molecule has 0 saturated heterocycles. The summed E-state index contributed by atoms with van der Waals surface area (Å²) < 4.78 is 0. The van der Waals surface area contributed by atoms with E-state index >= 15 is 0 Å². The van der Waals surface area contributed by atoms with Gasteiger partial charge in [-0.05, 0) is 36.5 Å². The Morgan fingerprint density at radius 1 is 1.24 bits per heavy atom. The number of rotatable bonds is 1. The van der Waals surface area contributed by atoms with Gasteiger partial charge in [0.25, 0.3) is 0 Å². The summed E-state index contributed by atoms with van der Waals surface area (Å²) in [4.78, 5) is 12.3. The fourth-order valence-electron chi connectivity index (χ4n) is 3.33. The van der Waals surface area contributed by atoms with Gasteiger partial charge in [-0.25, -0.2) is 0 Å². The predicted molar refractivity (Wildman–Crippen MR) is 69.2 cm³/mol. The zero-order chi connectivity index (χ0) is 11.9. The highest BCUT2D eigenvalue weighted by molar-refractivity contribution is 6.06. The van der Waals surface area contributed by atoms with Crippen LogP contribution in [0.2, 0.25) is 0 Å². The number of aryl methyl sites for hydroxylation is 1. The summed E-state index contributed by atoms with van der Waals surface area (Å²) in [7, 11) is 0. The van der Waals surface area contributed by atoms with Crippen LogP contribution >= 0.6 is 0 Å². The van der Waals surface area contributed by atoms with Crippen LogP contribution in [0, 0.1) is 0 Å². The highest BCUT2D eigenvalue weighted by Gasteiger charge is 2.46. The van der Waals surface area contributed by atoms with E-state index in [2.05, 4.69) is 30.4 Å². The molecule has 2 nitrogen and oxygen atoms in total. The van der Waals surface area contributed by atoms with E-state index in [0.29, 0.717) is 0 Å². The number of fused-ring (bicyclic) bond motifs is 2. The molecule has 1 aromatic rings. The average molecular weight is 229 g/mol. The molecule has 0 radical (unpaired) electrons. The van der Waals surface area contributed by atoms with Crippen molar-refractivity contribution in [1.29, 1.82) is 0 Å². The highest BCUT2D eigenvalue weighted by Crippen LogP contribution is 2.47. The second kappa shape index (κ2) is 3.86. The molecule has 3 rings (SSSR count). The van der Waals surface area contributed by atoms with Crippen molar-refractivity contribution in [3.05, 3.63) is 29.3 Å². The van der Waals surface area contributed by atoms with Gasteiger partial charge in [0.15, 0.2) is 0 Å². The molecule has 1 fully saturated rings. The number of anilines is 1. The molecule has 2 aliphatic rings. The molecule has 2 heteroatoms. The molecule has 0 atom stereocenters. The van der Waals surface area contributed by atoms with Crippen LogP contribution in [0.5, 0.6) is 0 Å². The van der Waals surface area contributed by atoms with Crippen LogP contribution in [0.15, 0.2) is 18.2 Å². The Kier molecular flexibility index (Phi) is 2.46. The standard InChI is InChI=1S/C15H19NO/c1-2-11-6-7-13-12(10-11)15(14(17)16-13)8-4-3-5-9-15/h6-7,10H,2-5,8-9H2,1H3,(H,16,17). The molecule has 17 heavy (non-hydrogen) atoms. The molecule has 0 bridgehead atoms. The van der Waals surface area contributed by atoms with Gasteiger partial charge in [-0.15, -0.1) is 0 Å². The third-order valence-corrected chi connectivity index (χ3v) is 4.40. The molecule has 1 amide bonds. The lowest BCUT2D eigenvalue weighted by atomic mass is 9.70. The molecular formula is C15H19NO. The normalized spacial score (nSPS) is 21.4. The molecule has 1 aliphatic heterocycles. The SMILES string of the molecule is CCc1ccc2c(c1)C1(CCCCC1)C(=O)N2. The van der Waals surface area contributed by atoms with E-state index in [9.17, 15) is 4.79 Å². The molecule has 1 heterocycles. The van der Waals surface area contributed by atoms with Crippen molar-refractivity contribution in [2.45, 2.75) is 50.9 Å². The summed E-state index contributed by atoms with van der Waals surface area (Å²) in [6.45, 7) is 2.17. The minimum Gasteiger partial charge on any atom is -0.325 e. The Labute approximate surface area is 102 Å². The van der Waals surface area contributed by atoms with E-state index < -0.39 is 0 Å². The van der Waals surface area contributed by atoms with E-state index in [1.165, 1.54) is 30.4 Å². The Morgan fingerprint density at radius 3 is 2.71 bits per heavy atom. The summed E-state index contributed by atoms with van der Waals surface area (Å²) in [5.74, 6) is 0.237. The monoisotopic (exact) mass is 229 g/mol. The van der Waals surface area contributed by atoms with Gasteiger partial charge < -0.3 is 5.32 Å². The largest absolute Gasteiger partial charge is 0.325 e. The van der Waals surface area contributed by atoms with Crippen molar-refractivity contribution < 1.29 is 4.79 Å². The van der Waals surface area contributed by atoms with Gasteiger partial charge in [-0.2, -0.15) is 0 Å². The Bertz CT molecular complexity index is 458. The second-order valence-corrected chi connectivity index (χ2v) is 5.33. The average Bonchev–Trinajstić information content (AvgIpc) is 2.63. The summed E-state index contributed by atoms with van der Waals surface area (Å²) in [6, 6.07) is 6.45. The van der Waals surface area contributed by atoms with Crippen LogP contribution in [0.25, 0.3) is 0 Å². The summed E-state index contributed by atoms with van der Waals surface area (Å²) in [5, 5.41) is 3.07. The lowest BCUT2D eigenvalue weighted by Gasteiger charge is -2.31. The van der Waals surface area contributed by atoms with E-state index in [1.54, 1.807) is 0 Å². The minimum atomic E-state index is -0.196. The fourth-order valence-corrected chi connectivity index (χ4v) is 3.33. The smallest absolute Gasteiger partial charge is 0.235 e. The quantitative estimate of drug-likeness (QED) is 0.785. The van der Waals surface area contributed by atoms with Crippen LogP contribution in [0.3, 0.4) is 0 Å². The van der Waals surface area contributed by atoms with Crippen molar-refractivity contribution in [1.82, 2.24) is 0 Å². The Balaban J connectivity index is 2.10. The van der Waals surface area contributed by atoms with Gasteiger partial charge in [0.1, 0.15) is 0 Å². The number of hydrogen-bond donors (Lipinski definition) is 1. The molecule has 1 saturated carbocycles.